The van der Waals surface area contributed by atoms with Crippen LogP contribution in [0.2, 0.25) is 10.2 Å². The maximum absolute atomic E-state index is 5.92. The maximum Gasteiger partial charge on any atom is 0.226 e. The first kappa shape index (κ1) is 12.1. The lowest BCUT2D eigenvalue weighted by atomic mass is 10.2. The molecule has 1 heterocycles. The van der Waals surface area contributed by atoms with E-state index in [-0.39, 0.29) is 0 Å². The summed E-state index contributed by atoms with van der Waals surface area (Å²) in [5.74, 6) is 1.10. The molecule has 0 spiro atoms. The molecule has 3 nitrogen and oxygen atoms in total. The summed E-state index contributed by atoms with van der Waals surface area (Å²) in [7, 11) is 0. The largest absolute Gasteiger partial charge is 0.438 e. The van der Waals surface area contributed by atoms with E-state index in [1.165, 1.54) is 6.33 Å². The van der Waals surface area contributed by atoms with Crippen molar-refractivity contribution in [3.63, 3.8) is 0 Å². The van der Waals surface area contributed by atoms with E-state index in [2.05, 4.69) is 9.97 Å². The van der Waals surface area contributed by atoms with E-state index >= 15 is 0 Å². The Morgan fingerprint density at radius 1 is 1.12 bits per heavy atom. The summed E-state index contributed by atoms with van der Waals surface area (Å²) in [6, 6.07) is 5.44. The van der Waals surface area contributed by atoms with Crippen molar-refractivity contribution >= 4 is 23.2 Å². The third-order valence-electron chi connectivity index (χ3n) is 2.33. The van der Waals surface area contributed by atoms with E-state index < -0.39 is 0 Å². The molecule has 2 aromatic rings. The van der Waals surface area contributed by atoms with Crippen LogP contribution in [0, 0.1) is 13.8 Å². The highest BCUT2D eigenvalue weighted by Crippen LogP contribution is 2.29. The zero-order valence-electron chi connectivity index (χ0n) is 9.37. The van der Waals surface area contributed by atoms with Crippen molar-refractivity contribution in [2.24, 2.45) is 0 Å². The van der Waals surface area contributed by atoms with Gasteiger partial charge in [-0.2, -0.15) is 0 Å². The van der Waals surface area contributed by atoms with Crippen LogP contribution in [-0.2, 0) is 0 Å². The molecular weight excluding hydrogens is 259 g/mol. The number of aryl methyl sites for hydroxylation is 1. The predicted octanol–water partition coefficient (Wildman–Crippen LogP) is 4.19. The molecule has 0 amide bonds. The first-order valence-corrected chi connectivity index (χ1v) is 5.74. The van der Waals surface area contributed by atoms with Crippen LogP contribution in [0.1, 0.15) is 11.1 Å². The monoisotopic (exact) mass is 268 g/mol. The van der Waals surface area contributed by atoms with Crippen LogP contribution < -0.4 is 4.74 Å². The number of rotatable bonds is 2. The second-order valence-corrected chi connectivity index (χ2v) is 4.40. The number of benzene rings is 1. The van der Waals surface area contributed by atoms with Gasteiger partial charge in [0.05, 0.1) is 0 Å². The fourth-order valence-electron chi connectivity index (χ4n) is 1.30. The van der Waals surface area contributed by atoms with Gasteiger partial charge in [0.1, 0.15) is 17.2 Å². The Morgan fingerprint density at radius 3 is 2.65 bits per heavy atom. The second kappa shape index (κ2) is 4.90. The lowest BCUT2D eigenvalue weighted by Crippen LogP contribution is -1.95. The maximum atomic E-state index is 5.92. The fraction of sp³-hybridized carbons (Fsp3) is 0.167. The summed E-state index contributed by atoms with van der Waals surface area (Å²) in [4.78, 5) is 7.91. The second-order valence-electron chi connectivity index (χ2n) is 3.61. The van der Waals surface area contributed by atoms with Crippen molar-refractivity contribution in [3.05, 3.63) is 45.8 Å². The van der Waals surface area contributed by atoms with E-state index in [9.17, 15) is 0 Å². The topological polar surface area (TPSA) is 35.0 Å². The Balaban J connectivity index is 2.38. The quantitative estimate of drug-likeness (QED) is 0.766. The summed E-state index contributed by atoms with van der Waals surface area (Å²) < 4.78 is 5.68. The summed E-state index contributed by atoms with van der Waals surface area (Å²) in [6.45, 7) is 3.74. The van der Waals surface area contributed by atoms with Gasteiger partial charge in [0, 0.05) is 10.6 Å². The highest BCUT2D eigenvalue weighted by Gasteiger charge is 2.09. The SMILES string of the molecule is Cc1ccc(Cl)cc1Oc1ncnc(Cl)c1C. The molecule has 88 valence electrons. The van der Waals surface area contributed by atoms with E-state index in [1.54, 1.807) is 13.0 Å². The van der Waals surface area contributed by atoms with Crippen LogP contribution in [0.4, 0.5) is 0 Å². The number of hydrogen-bond donors (Lipinski definition) is 0. The smallest absolute Gasteiger partial charge is 0.226 e. The normalized spacial score (nSPS) is 10.4. The standard InChI is InChI=1S/C12H10Cl2N2O/c1-7-3-4-9(13)5-10(7)17-12-8(2)11(14)15-6-16-12/h3-6H,1-2H3. The Kier molecular flexibility index (Phi) is 3.50. The van der Waals surface area contributed by atoms with E-state index in [0.29, 0.717) is 27.4 Å². The third-order valence-corrected chi connectivity index (χ3v) is 2.95. The van der Waals surface area contributed by atoms with Gasteiger partial charge in [-0.05, 0) is 31.5 Å². The molecule has 0 bridgehead atoms. The number of nitrogens with zero attached hydrogens (tertiary/aromatic N) is 2. The zero-order valence-corrected chi connectivity index (χ0v) is 10.9. The molecule has 5 heteroatoms. The minimum absolute atomic E-state index is 0.384. The molecule has 0 saturated carbocycles. The molecule has 1 aromatic heterocycles. The average Bonchev–Trinajstić information content (AvgIpc) is 2.30. The van der Waals surface area contributed by atoms with Gasteiger partial charge in [0.15, 0.2) is 0 Å². The fourth-order valence-corrected chi connectivity index (χ4v) is 1.59. The average molecular weight is 269 g/mol. The summed E-state index contributed by atoms with van der Waals surface area (Å²) in [5.41, 5.74) is 1.68. The van der Waals surface area contributed by atoms with Crippen LogP contribution in [-0.4, -0.2) is 9.97 Å². The molecular formula is C12H10Cl2N2O. The van der Waals surface area contributed by atoms with Crippen LogP contribution in [0.3, 0.4) is 0 Å². The van der Waals surface area contributed by atoms with Gasteiger partial charge in [0.25, 0.3) is 0 Å². The molecule has 0 radical (unpaired) electrons. The summed E-state index contributed by atoms with van der Waals surface area (Å²) >= 11 is 11.8. The van der Waals surface area contributed by atoms with E-state index in [4.69, 9.17) is 27.9 Å². The van der Waals surface area contributed by atoms with Gasteiger partial charge in [-0.1, -0.05) is 29.3 Å². The number of halogens is 2. The van der Waals surface area contributed by atoms with Crippen LogP contribution in [0.25, 0.3) is 0 Å². The molecule has 0 aliphatic carbocycles. The molecule has 2 rings (SSSR count). The van der Waals surface area contributed by atoms with Crippen molar-refractivity contribution in [3.8, 4) is 11.6 Å². The Hall–Kier alpha value is -1.32. The Bertz CT molecular complexity index is 558. The first-order chi connectivity index (χ1) is 8.08. The molecule has 1 aromatic carbocycles. The van der Waals surface area contributed by atoms with Crippen molar-refractivity contribution in [2.45, 2.75) is 13.8 Å². The minimum atomic E-state index is 0.384. The van der Waals surface area contributed by atoms with Crippen LogP contribution in [0.5, 0.6) is 11.6 Å². The van der Waals surface area contributed by atoms with Crippen molar-refractivity contribution in [1.82, 2.24) is 9.97 Å². The highest BCUT2D eigenvalue weighted by molar-refractivity contribution is 6.30. The van der Waals surface area contributed by atoms with Gasteiger partial charge >= 0.3 is 0 Å². The minimum Gasteiger partial charge on any atom is -0.438 e. The molecule has 0 fully saturated rings. The van der Waals surface area contributed by atoms with Crippen LogP contribution >= 0.6 is 23.2 Å². The molecule has 0 aliphatic heterocycles. The zero-order chi connectivity index (χ0) is 12.4. The predicted molar refractivity (Wildman–Crippen MR) is 68.0 cm³/mol. The Morgan fingerprint density at radius 2 is 1.88 bits per heavy atom. The molecule has 0 unspecified atom stereocenters. The van der Waals surface area contributed by atoms with Gasteiger partial charge in [0.2, 0.25) is 5.88 Å². The number of ether oxygens (including phenoxy) is 1. The van der Waals surface area contributed by atoms with E-state index in [1.807, 2.05) is 19.1 Å². The molecule has 0 atom stereocenters. The number of aromatic nitrogens is 2. The summed E-state index contributed by atoms with van der Waals surface area (Å²) in [6.07, 6.45) is 1.37. The first-order valence-electron chi connectivity index (χ1n) is 4.99. The van der Waals surface area contributed by atoms with Gasteiger partial charge in [-0.3, -0.25) is 0 Å². The Labute approximate surface area is 109 Å². The van der Waals surface area contributed by atoms with Crippen molar-refractivity contribution in [2.75, 3.05) is 0 Å². The molecule has 0 saturated heterocycles. The van der Waals surface area contributed by atoms with Gasteiger partial charge < -0.3 is 4.74 Å². The lowest BCUT2D eigenvalue weighted by Gasteiger charge is -2.10. The molecule has 17 heavy (non-hydrogen) atoms. The lowest BCUT2D eigenvalue weighted by molar-refractivity contribution is 0.454. The van der Waals surface area contributed by atoms with Crippen LogP contribution in [0.15, 0.2) is 24.5 Å². The van der Waals surface area contributed by atoms with Crippen molar-refractivity contribution in [1.29, 1.82) is 0 Å². The summed E-state index contributed by atoms with van der Waals surface area (Å²) in [5, 5.41) is 0.998. The van der Waals surface area contributed by atoms with E-state index in [0.717, 1.165) is 5.56 Å². The molecule has 0 aliphatic rings. The molecule has 0 N–H and O–H groups in total. The van der Waals surface area contributed by atoms with Crippen molar-refractivity contribution < 1.29 is 4.74 Å². The van der Waals surface area contributed by atoms with Gasteiger partial charge in [-0.15, -0.1) is 0 Å². The number of hydrogen-bond acceptors (Lipinski definition) is 3. The highest BCUT2D eigenvalue weighted by atomic mass is 35.5. The third kappa shape index (κ3) is 2.68. The van der Waals surface area contributed by atoms with Gasteiger partial charge in [-0.25, -0.2) is 9.97 Å².